The first-order chi connectivity index (χ1) is 8.27. The van der Waals surface area contributed by atoms with E-state index in [1.54, 1.807) is 11.3 Å². The van der Waals surface area contributed by atoms with Crippen LogP contribution in [0.3, 0.4) is 0 Å². The molecule has 1 spiro atoms. The van der Waals surface area contributed by atoms with Crippen molar-refractivity contribution in [1.82, 2.24) is 4.90 Å². The molecule has 3 heterocycles. The van der Waals surface area contributed by atoms with Crippen LogP contribution in [-0.2, 0) is 16.0 Å². The fourth-order valence-corrected chi connectivity index (χ4v) is 3.50. The third-order valence-corrected chi connectivity index (χ3v) is 4.64. The molecular weight excluding hydrogens is 234 g/mol. The number of carbonyl (C=O) groups excluding carboxylic acids is 1. The Bertz CT molecular complexity index is 396. The van der Waals surface area contributed by atoms with E-state index in [1.807, 2.05) is 22.4 Å². The van der Waals surface area contributed by atoms with Crippen molar-refractivity contribution in [2.24, 2.45) is 0 Å². The van der Waals surface area contributed by atoms with Gasteiger partial charge in [-0.2, -0.15) is 0 Å². The molecule has 2 fully saturated rings. The second-order valence-corrected chi connectivity index (χ2v) is 5.99. The number of rotatable bonds is 2. The number of nitrogens with zero attached hydrogens (tertiary/aromatic N) is 1. The van der Waals surface area contributed by atoms with Crippen LogP contribution in [-0.4, -0.2) is 36.1 Å². The zero-order valence-electron chi connectivity index (χ0n) is 9.85. The van der Waals surface area contributed by atoms with Gasteiger partial charge in [0.2, 0.25) is 5.91 Å². The Morgan fingerprint density at radius 3 is 3.18 bits per heavy atom. The van der Waals surface area contributed by atoms with Crippen LogP contribution in [0, 0.1) is 0 Å². The third-order valence-electron chi connectivity index (χ3n) is 3.76. The van der Waals surface area contributed by atoms with E-state index in [4.69, 9.17) is 4.74 Å². The lowest BCUT2D eigenvalue weighted by atomic mass is 10.00. The summed E-state index contributed by atoms with van der Waals surface area (Å²) >= 11 is 1.66. The van der Waals surface area contributed by atoms with Crippen molar-refractivity contribution in [1.29, 1.82) is 0 Å². The molecule has 1 amide bonds. The number of hydrogen-bond donors (Lipinski definition) is 0. The maximum atomic E-state index is 12.1. The van der Waals surface area contributed by atoms with Crippen LogP contribution < -0.4 is 0 Å². The second kappa shape index (κ2) is 4.42. The Balaban J connectivity index is 1.60. The van der Waals surface area contributed by atoms with E-state index in [0.29, 0.717) is 6.42 Å². The van der Waals surface area contributed by atoms with Crippen molar-refractivity contribution >= 4 is 17.2 Å². The first-order valence-electron chi connectivity index (χ1n) is 6.22. The van der Waals surface area contributed by atoms with Gasteiger partial charge in [0, 0.05) is 24.6 Å². The highest BCUT2D eigenvalue weighted by Crippen LogP contribution is 2.35. The van der Waals surface area contributed by atoms with Gasteiger partial charge in [-0.15, -0.1) is 11.3 Å². The smallest absolute Gasteiger partial charge is 0.227 e. The van der Waals surface area contributed by atoms with Crippen molar-refractivity contribution in [3.05, 3.63) is 22.4 Å². The Hall–Kier alpha value is -0.870. The summed E-state index contributed by atoms with van der Waals surface area (Å²) < 4.78 is 5.83. The Kier molecular flexibility index (Phi) is 2.92. The summed E-state index contributed by atoms with van der Waals surface area (Å²) in [4.78, 5) is 15.3. The molecule has 1 aromatic heterocycles. The number of carbonyl (C=O) groups is 1. The number of amides is 1. The van der Waals surface area contributed by atoms with Gasteiger partial charge in [0.15, 0.2) is 0 Å². The molecule has 2 aliphatic heterocycles. The zero-order chi connectivity index (χ0) is 11.7. The molecule has 0 saturated carbocycles. The molecule has 1 aromatic rings. The Morgan fingerprint density at radius 2 is 2.47 bits per heavy atom. The van der Waals surface area contributed by atoms with Crippen LogP contribution in [0.5, 0.6) is 0 Å². The number of thiophene rings is 1. The molecule has 0 N–H and O–H groups in total. The van der Waals surface area contributed by atoms with Crippen LogP contribution in [0.25, 0.3) is 0 Å². The molecule has 3 rings (SSSR count). The maximum Gasteiger partial charge on any atom is 0.227 e. The van der Waals surface area contributed by atoms with E-state index >= 15 is 0 Å². The molecule has 17 heavy (non-hydrogen) atoms. The van der Waals surface area contributed by atoms with E-state index in [2.05, 4.69) is 0 Å². The van der Waals surface area contributed by atoms with Crippen molar-refractivity contribution < 1.29 is 9.53 Å². The van der Waals surface area contributed by atoms with E-state index in [0.717, 1.165) is 43.8 Å². The minimum atomic E-state index is 0.00507. The van der Waals surface area contributed by atoms with Crippen LogP contribution in [0.2, 0.25) is 0 Å². The molecule has 1 atom stereocenters. The van der Waals surface area contributed by atoms with Crippen LogP contribution >= 0.6 is 11.3 Å². The summed E-state index contributed by atoms with van der Waals surface area (Å²) in [5.74, 6) is 0.250. The lowest BCUT2D eigenvalue weighted by molar-refractivity contribution is -0.130. The molecule has 0 aliphatic carbocycles. The summed E-state index contributed by atoms with van der Waals surface area (Å²) in [6, 6.07) is 4.03. The molecule has 0 unspecified atom stereocenters. The normalized spacial score (nSPS) is 28.1. The molecule has 2 aliphatic rings. The molecule has 0 radical (unpaired) electrons. The highest BCUT2D eigenvalue weighted by molar-refractivity contribution is 7.10. The van der Waals surface area contributed by atoms with Crippen molar-refractivity contribution in [2.45, 2.75) is 31.3 Å². The summed E-state index contributed by atoms with van der Waals surface area (Å²) in [6.07, 6.45) is 3.83. The quantitative estimate of drug-likeness (QED) is 0.805. The summed E-state index contributed by atoms with van der Waals surface area (Å²) in [5, 5.41) is 2.02. The van der Waals surface area contributed by atoms with Gasteiger partial charge in [-0.1, -0.05) is 6.07 Å². The lowest BCUT2D eigenvalue weighted by Crippen LogP contribution is -2.36. The average Bonchev–Trinajstić information content (AvgIpc) is 3.03. The fraction of sp³-hybridized carbons (Fsp3) is 0.615. The van der Waals surface area contributed by atoms with Crippen LogP contribution in [0.15, 0.2) is 17.5 Å². The van der Waals surface area contributed by atoms with Crippen molar-refractivity contribution in [3.8, 4) is 0 Å². The second-order valence-electron chi connectivity index (χ2n) is 4.96. The van der Waals surface area contributed by atoms with E-state index in [1.165, 1.54) is 0 Å². The highest BCUT2D eigenvalue weighted by atomic mass is 32.1. The van der Waals surface area contributed by atoms with E-state index in [-0.39, 0.29) is 11.5 Å². The molecular formula is C13H17NO2S. The van der Waals surface area contributed by atoms with Gasteiger partial charge in [0.25, 0.3) is 0 Å². The zero-order valence-corrected chi connectivity index (χ0v) is 10.7. The van der Waals surface area contributed by atoms with Gasteiger partial charge < -0.3 is 9.64 Å². The predicted molar refractivity (Wildman–Crippen MR) is 67.1 cm³/mol. The number of likely N-dealkylation sites (tertiary alicyclic amines) is 1. The fourth-order valence-electron chi connectivity index (χ4n) is 2.81. The Morgan fingerprint density at radius 1 is 1.53 bits per heavy atom. The number of ether oxygens (including phenoxy) is 1. The van der Waals surface area contributed by atoms with Crippen LogP contribution in [0.1, 0.15) is 24.1 Å². The average molecular weight is 251 g/mol. The predicted octanol–water partition coefficient (Wildman–Crippen LogP) is 2.07. The van der Waals surface area contributed by atoms with Gasteiger partial charge in [-0.3, -0.25) is 4.79 Å². The topological polar surface area (TPSA) is 29.5 Å². The van der Waals surface area contributed by atoms with Crippen LogP contribution in [0.4, 0.5) is 0 Å². The molecule has 0 aromatic carbocycles. The van der Waals surface area contributed by atoms with Crippen molar-refractivity contribution in [3.63, 3.8) is 0 Å². The van der Waals surface area contributed by atoms with E-state index < -0.39 is 0 Å². The first-order valence-corrected chi connectivity index (χ1v) is 7.10. The standard InChI is InChI=1S/C13H17NO2S/c15-12(9-11-3-1-8-17-11)14-6-5-13(10-14)4-2-7-16-13/h1,3,8H,2,4-7,9-10H2/t13-/m0/s1. The maximum absolute atomic E-state index is 12.1. The highest BCUT2D eigenvalue weighted by Gasteiger charge is 2.42. The molecule has 92 valence electrons. The summed E-state index contributed by atoms with van der Waals surface area (Å²) in [7, 11) is 0. The first kappa shape index (κ1) is 11.2. The minimum Gasteiger partial charge on any atom is -0.373 e. The lowest BCUT2D eigenvalue weighted by Gasteiger charge is -2.23. The largest absolute Gasteiger partial charge is 0.373 e. The Labute approximate surface area is 105 Å². The molecule has 0 bridgehead atoms. The number of hydrogen-bond acceptors (Lipinski definition) is 3. The molecule has 2 saturated heterocycles. The van der Waals surface area contributed by atoms with Crippen molar-refractivity contribution in [2.75, 3.05) is 19.7 Å². The summed E-state index contributed by atoms with van der Waals surface area (Å²) in [5.41, 5.74) is 0.00507. The monoisotopic (exact) mass is 251 g/mol. The van der Waals surface area contributed by atoms with Gasteiger partial charge >= 0.3 is 0 Å². The van der Waals surface area contributed by atoms with Gasteiger partial charge in [-0.25, -0.2) is 0 Å². The summed E-state index contributed by atoms with van der Waals surface area (Å²) in [6.45, 7) is 2.54. The molecule has 3 nitrogen and oxygen atoms in total. The van der Waals surface area contributed by atoms with E-state index in [9.17, 15) is 4.79 Å². The third kappa shape index (κ3) is 2.24. The van der Waals surface area contributed by atoms with Gasteiger partial charge in [0.1, 0.15) is 0 Å². The minimum absolute atomic E-state index is 0.00507. The van der Waals surface area contributed by atoms with Gasteiger partial charge in [-0.05, 0) is 30.7 Å². The van der Waals surface area contributed by atoms with Gasteiger partial charge in [0.05, 0.1) is 12.0 Å². The SMILES string of the molecule is O=C(Cc1cccs1)N1CC[C@@]2(CCCO2)C1. The molecule has 4 heteroatoms.